The zero-order valence-corrected chi connectivity index (χ0v) is 14.4. The molecule has 0 bridgehead atoms. The second-order valence-corrected chi connectivity index (χ2v) is 5.63. The maximum Gasteiger partial charge on any atom is 0.162 e. The van der Waals surface area contributed by atoms with Crippen LogP contribution >= 0.6 is 22.6 Å². The highest BCUT2D eigenvalue weighted by atomic mass is 127. The van der Waals surface area contributed by atoms with Crippen LogP contribution in [0.5, 0.6) is 0 Å². The zero-order chi connectivity index (χ0) is 14.5. The van der Waals surface area contributed by atoms with Crippen molar-refractivity contribution in [1.82, 2.24) is 9.97 Å². The van der Waals surface area contributed by atoms with Gasteiger partial charge in [0.2, 0.25) is 0 Å². The summed E-state index contributed by atoms with van der Waals surface area (Å²) >= 11 is 2.33. The maximum atomic E-state index is 4.75. The Morgan fingerprint density at radius 2 is 1.80 bits per heavy atom. The monoisotopic (exact) mass is 381 g/mol. The Hall–Kier alpha value is -1.17. The van der Waals surface area contributed by atoms with Gasteiger partial charge in [0.25, 0.3) is 0 Å². The molecule has 1 aromatic heterocycles. The van der Waals surface area contributed by atoms with Gasteiger partial charge in [-0.25, -0.2) is 9.97 Å². The number of aromatic nitrogens is 2. The first-order chi connectivity index (χ1) is 9.71. The Kier molecular flexibility index (Phi) is 5.34. The van der Waals surface area contributed by atoms with Crippen molar-refractivity contribution in [1.29, 1.82) is 0 Å². The molecule has 0 saturated carbocycles. The van der Waals surface area contributed by atoms with Crippen molar-refractivity contribution >= 4 is 28.4 Å². The number of hydrogen-bond donors (Lipinski definition) is 1. The van der Waals surface area contributed by atoms with Crippen molar-refractivity contribution in [3.8, 4) is 11.4 Å². The fourth-order valence-corrected chi connectivity index (χ4v) is 2.99. The van der Waals surface area contributed by atoms with Gasteiger partial charge in [-0.05, 0) is 47.9 Å². The first-order valence-corrected chi connectivity index (χ1v) is 8.17. The van der Waals surface area contributed by atoms with E-state index < -0.39 is 0 Å². The van der Waals surface area contributed by atoms with Crippen LogP contribution in [-0.4, -0.2) is 16.5 Å². The predicted molar refractivity (Wildman–Crippen MR) is 93.1 cm³/mol. The largest absolute Gasteiger partial charge is 0.369 e. The number of aryl methyl sites for hydroxylation is 2. The van der Waals surface area contributed by atoms with E-state index in [1.807, 2.05) is 6.07 Å². The van der Waals surface area contributed by atoms with E-state index >= 15 is 0 Å². The van der Waals surface area contributed by atoms with E-state index in [1.165, 1.54) is 5.56 Å². The van der Waals surface area contributed by atoms with Crippen molar-refractivity contribution in [3.05, 3.63) is 39.1 Å². The van der Waals surface area contributed by atoms with E-state index in [9.17, 15) is 0 Å². The molecule has 0 aliphatic rings. The normalized spacial score (nSPS) is 10.6. The molecule has 0 fully saturated rings. The molecule has 2 rings (SSSR count). The van der Waals surface area contributed by atoms with Gasteiger partial charge in [-0.1, -0.05) is 38.1 Å². The highest BCUT2D eigenvalue weighted by Crippen LogP contribution is 2.26. The molecule has 0 saturated heterocycles. The molecule has 3 nitrogen and oxygen atoms in total. The van der Waals surface area contributed by atoms with Crippen LogP contribution in [0.15, 0.2) is 24.3 Å². The predicted octanol–water partition coefficient (Wildman–Crippen LogP) is 4.30. The molecule has 2 aromatic rings. The van der Waals surface area contributed by atoms with Crippen LogP contribution in [0.1, 0.15) is 32.0 Å². The molecular weight excluding hydrogens is 361 g/mol. The topological polar surface area (TPSA) is 37.8 Å². The Morgan fingerprint density at radius 3 is 2.45 bits per heavy atom. The minimum atomic E-state index is 0.829. The number of anilines is 1. The quantitative estimate of drug-likeness (QED) is 0.785. The van der Waals surface area contributed by atoms with Crippen LogP contribution in [0, 0.1) is 3.57 Å². The lowest BCUT2D eigenvalue weighted by Crippen LogP contribution is -2.08. The third-order valence-corrected chi connectivity index (χ3v) is 4.37. The molecule has 20 heavy (non-hydrogen) atoms. The smallest absolute Gasteiger partial charge is 0.162 e. The molecule has 4 heteroatoms. The molecule has 1 aromatic carbocycles. The Balaban J connectivity index is 2.59. The fraction of sp³-hybridized carbons (Fsp3) is 0.375. The Bertz CT molecular complexity index is 596. The minimum Gasteiger partial charge on any atom is -0.369 e. The van der Waals surface area contributed by atoms with Gasteiger partial charge in [0.1, 0.15) is 5.82 Å². The highest BCUT2D eigenvalue weighted by molar-refractivity contribution is 14.1. The first kappa shape index (κ1) is 15.2. The molecule has 0 amide bonds. The molecule has 106 valence electrons. The standard InChI is InChI=1S/C16H20IN3/c1-4-11-9-7-8-10-12(11)15-19-13(5-2)14(17)16(20-15)18-6-3/h7-10H,4-6H2,1-3H3,(H,18,19,20). The molecule has 1 heterocycles. The summed E-state index contributed by atoms with van der Waals surface area (Å²) in [5, 5.41) is 3.34. The SMILES string of the molecule is CCNc1nc(-c2ccccc2CC)nc(CC)c1I. The zero-order valence-electron chi connectivity index (χ0n) is 12.2. The second-order valence-electron chi connectivity index (χ2n) is 4.55. The number of rotatable bonds is 5. The number of halogens is 1. The van der Waals surface area contributed by atoms with Gasteiger partial charge >= 0.3 is 0 Å². The van der Waals surface area contributed by atoms with Crippen LogP contribution in [-0.2, 0) is 12.8 Å². The van der Waals surface area contributed by atoms with Gasteiger partial charge in [0, 0.05) is 12.1 Å². The lowest BCUT2D eigenvalue weighted by atomic mass is 10.0. The number of benzene rings is 1. The molecule has 0 aliphatic heterocycles. The third kappa shape index (κ3) is 3.11. The van der Waals surface area contributed by atoms with E-state index in [1.54, 1.807) is 0 Å². The van der Waals surface area contributed by atoms with Gasteiger partial charge in [-0.15, -0.1) is 0 Å². The van der Waals surface area contributed by atoms with Crippen molar-refractivity contribution < 1.29 is 0 Å². The lowest BCUT2D eigenvalue weighted by Gasteiger charge is -2.13. The molecular formula is C16H20IN3. The lowest BCUT2D eigenvalue weighted by molar-refractivity contribution is 0.978. The van der Waals surface area contributed by atoms with E-state index in [-0.39, 0.29) is 0 Å². The van der Waals surface area contributed by atoms with E-state index in [4.69, 9.17) is 9.97 Å². The van der Waals surface area contributed by atoms with E-state index in [0.717, 1.165) is 45.9 Å². The van der Waals surface area contributed by atoms with Crippen LogP contribution in [0.25, 0.3) is 11.4 Å². The Morgan fingerprint density at radius 1 is 1.05 bits per heavy atom. The fourth-order valence-electron chi connectivity index (χ4n) is 2.18. The molecule has 0 aliphatic carbocycles. The number of hydrogen-bond acceptors (Lipinski definition) is 3. The summed E-state index contributed by atoms with van der Waals surface area (Å²) in [7, 11) is 0. The average Bonchev–Trinajstić information content (AvgIpc) is 2.49. The second kappa shape index (κ2) is 7.02. The van der Waals surface area contributed by atoms with Gasteiger partial charge < -0.3 is 5.32 Å². The summed E-state index contributed by atoms with van der Waals surface area (Å²) < 4.78 is 1.13. The summed E-state index contributed by atoms with van der Waals surface area (Å²) in [6.07, 6.45) is 1.91. The van der Waals surface area contributed by atoms with Gasteiger partial charge in [0.05, 0.1) is 9.26 Å². The summed E-state index contributed by atoms with van der Waals surface area (Å²) in [5.74, 6) is 1.77. The first-order valence-electron chi connectivity index (χ1n) is 7.09. The van der Waals surface area contributed by atoms with Crippen LogP contribution in [0.3, 0.4) is 0 Å². The van der Waals surface area contributed by atoms with E-state index in [2.05, 4.69) is 66.9 Å². The molecule has 0 unspecified atom stereocenters. The third-order valence-electron chi connectivity index (χ3n) is 3.24. The minimum absolute atomic E-state index is 0.829. The highest BCUT2D eigenvalue weighted by Gasteiger charge is 2.13. The summed E-state index contributed by atoms with van der Waals surface area (Å²) in [5.41, 5.74) is 3.54. The summed E-state index contributed by atoms with van der Waals surface area (Å²) in [6.45, 7) is 7.25. The average molecular weight is 381 g/mol. The molecule has 0 radical (unpaired) electrons. The number of nitrogens with zero attached hydrogens (tertiary/aromatic N) is 2. The van der Waals surface area contributed by atoms with Crippen molar-refractivity contribution in [3.63, 3.8) is 0 Å². The molecule has 0 spiro atoms. The number of nitrogens with one attached hydrogen (secondary N) is 1. The Labute approximate surface area is 134 Å². The van der Waals surface area contributed by atoms with E-state index in [0.29, 0.717) is 0 Å². The van der Waals surface area contributed by atoms with Crippen LogP contribution in [0.4, 0.5) is 5.82 Å². The summed E-state index contributed by atoms with van der Waals surface area (Å²) in [4.78, 5) is 9.47. The maximum absolute atomic E-state index is 4.75. The molecule has 0 atom stereocenters. The van der Waals surface area contributed by atoms with Crippen molar-refractivity contribution in [2.75, 3.05) is 11.9 Å². The van der Waals surface area contributed by atoms with Crippen molar-refractivity contribution in [2.24, 2.45) is 0 Å². The van der Waals surface area contributed by atoms with Gasteiger partial charge in [-0.3, -0.25) is 0 Å². The van der Waals surface area contributed by atoms with Gasteiger partial charge in [0.15, 0.2) is 5.82 Å². The van der Waals surface area contributed by atoms with Crippen molar-refractivity contribution in [2.45, 2.75) is 33.6 Å². The van der Waals surface area contributed by atoms with Crippen LogP contribution < -0.4 is 5.32 Å². The molecule has 1 N–H and O–H groups in total. The summed E-state index contributed by atoms with van der Waals surface area (Å²) in [6, 6.07) is 8.38. The van der Waals surface area contributed by atoms with Gasteiger partial charge in [-0.2, -0.15) is 0 Å². The van der Waals surface area contributed by atoms with Crippen LogP contribution in [0.2, 0.25) is 0 Å².